The summed E-state index contributed by atoms with van der Waals surface area (Å²) in [6.45, 7) is 0. The summed E-state index contributed by atoms with van der Waals surface area (Å²) < 4.78 is 7.23. The number of nitrogens with zero attached hydrogens (tertiary/aromatic N) is 3. The molecule has 0 N–H and O–H groups in total. The Kier molecular flexibility index (Phi) is 3.84. The van der Waals surface area contributed by atoms with Gasteiger partial charge < -0.3 is 4.74 Å². The van der Waals surface area contributed by atoms with Gasteiger partial charge >= 0.3 is 0 Å². The van der Waals surface area contributed by atoms with Crippen molar-refractivity contribution in [3.8, 4) is 5.69 Å². The van der Waals surface area contributed by atoms with Crippen LogP contribution in [0, 0.1) is 0 Å². The first kappa shape index (κ1) is 13.9. The van der Waals surface area contributed by atoms with E-state index < -0.39 is 5.60 Å². The molecule has 0 atom stereocenters. The van der Waals surface area contributed by atoms with Crippen molar-refractivity contribution in [3.05, 3.63) is 42.2 Å². The van der Waals surface area contributed by atoms with Gasteiger partial charge in [0.15, 0.2) is 0 Å². The van der Waals surface area contributed by atoms with Crippen LogP contribution in [-0.4, -0.2) is 33.5 Å². The fourth-order valence-corrected chi connectivity index (χ4v) is 3.03. The molecule has 2 aromatic rings. The summed E-state index contributed by atoms with van der Waals surface area (Å²) in [6.07, 6.45) is 6.27. The average molecular weight is 285 g/mol. The van der Waals surface area contributed by atoms with Crippen LogP contribution in [0.25, 0.3) is 5.69 Å². The Bertz CT molecular complexity index is 615. The minimum Gasteiger partial charge on any atom is -0.370 e. The third-order valence-electron chi connectivity index (χ3n) is 4.25. The predicted molar refractivity (Wildman–Crippen MR) is 78.5 cm³/mol. The third-order valence-corrected chi connectivity index (χ3v) is 4.25. The molecule has 1 aromatic heterocycles. The normalized spacial score (nSPS) is 17.6. The lowest BCUT2D eigenvalue weighted by Gasteiger charge is -2.34. The van der Waals surface area contributed by atoms with Gasteiger partial charge in [-0.3, -0.25) is 4.79 Å². The fourth-order valence-electron chi connectivity index (χ4n) is 3.03. The van der Waals surface area contributed by atoms with E-state index in [9.17, 15) is 4.79 Å². The zero-order chi connectivity index (χ0) is 14.7. The van der Waals surface area contributed by atoms with E-state index in [1.807, 2.05) is 30.3 Å². The predicted octanol–water partition coefficient (Wildman–Crippen LogP) is 2.80. The first-order valence-electron chi connectivity index (χ1n) is 7.33. The molecule has 21 heavy (non-hydrogen) atoms. The van der Waals surface area contributed by atoms with Gasteiger partial charge in [-0.15, -0.1) is 5.10 Å². The molecule has 1 saturated carbocycles. The van der Waals surface area contributed by atoms with Crippen molar-refractivity contribution in [1.82, 2.24) is 15.0 Å². The molecule has 0 saturated heterocycles. The lowest BCUT2D eigenvalue weighted by molar-refractivity contribution is -0.0199. The summed E-state index contributed by atoms with van der Waals surface area (Å²) in [6, 6.07) is 9.58. The van der Waals surface area contributed by atoms with Crippen molar-refractivity contribution in [2.45, 2.75) is 37.7 Å². The molecule has 0 unspecified atom stereocenters. The number of ether oxygens (including phenoxy) is 1. The van der Waals surface area contributed by atoms with Crippen LogP contribution in [0.3, 0.4) is 0 Å². The lowest BCUT2D eigenvalue weighted by Crippen LogP contribution is -2.43. The van der Waals surface area contributed by atoms with Gasteiger partial charge in [0, 0.05) is 7.11 Å². The van der Waals surface area contributed by atoms with E-state index >= 15 is 0 Å². The van der Waals surface area contributed by atoms with E-state index in [4.69, 9.17) is 4.74 Å². The summed E-state index contributed by atoms with van der Waals surface area (Å²) in [5.41, 5.74) is 0.609. The van der Waals surface area contributed by atoms with Gasteiger partial charge in [-0.2, -0.15) is 0 Å². The fraction of sp³-hybridized carbons (Fsp3) is 0.438. The summed E-state index contributed by atoms with van der Waals surface area (Å²) in [5, 5.41) is 7.97. The maximum absolute atomic E-state index is 13.0. The molecule has 1 fully saturated rings. The number of rotatable bonds is 4. The van der Waals surface area contributed by atoms with Gasteiger partial charge in [-0.25, -0.2) is 4.68 Å². The number of ketones is 1. The summed E-state index contributed by atoms with van der Waals surface area (Å²) in [7, 11) is 1.62. The second-order valence-electron chi connectivity index (χ2n) is 5.45. The molecule has 0 amide bonds. The Morgan fingerprint density at radius 3 is 2.57 bits per heavy atom. The number of aromatic nitrogens is 3. The highest BCUT2D eigenvalue weighted by molar-refractivity contribution is 6.01. The van der Waals surface area contributed by atoms with Crippen LogP contribution in [-0.2, 0) is 4.74 Å². The largest absolute Gasteiger partial charge is 0.370 e. The number of Topliss-reactive ketones (excluding diaryl/α,β-unsaturated/α-hetero) is 1. The van der Waals surface area contributed by atoms with Crippen molar-refractivity contribution < 1.29 is 9.53 Å². The summed E-state index contributed by atoms with van der Waals surface area (Å²) in [4.78, 5) is 13.0. The van der Waals surface area contributed by atoms with Gasteiger partial charge in [-0.1, -0.05) is 42.7 Å². The number of benzene rings is 1. The maximum Gasteiger partial charge on any atom is 0.214 e. The molecule has 110 valence electrons. The van der Waals surface area contributed by atoms with Crippen molar-refractivity contribution in [2.75, 3.05) is 7.11 Å². The first-order chi connectivity index (χ1) is 10.3. The highest BCUT2D eigenvalue weighted by Crippen LogP contribution is 2.34. The van der Waals surface area contributed by atoms with Crippen LogP contribution in [0.2, 0.25) is 0 Å². The highest BCUT2D eigenvalue weighted by Gasteiger charge is 2.41. The van der Waals surface area contributed by atoms with Crippen LogP contribution in [0.5, 0.6) is 0 Å². The molecule has 3 rings (SSSR count). The molecule has 0 bridgehead atoms. The van der Waals surface area contributed by atoms with E-state index in [-0.39, 0.29) is 5.78 Å². The highest BCUT2D eigenvalue weighted by atomic mass is 16.5. The van der Waals surface area contributed by atoms with Crippen molar-refractivity contribution in [2.24, 2.45) is 0 Å². The number of carbonyl (C=O) groups excluding carboxylic acids is 1. The van der Waals surface area contributed by atoms with Crippen LogP contribution < -0.4 is 0 Å². The molecule has 1 aliphatic rings. The molecule has 0 spiro atoms. The molecule has 1 heterocycles. The van der Waals surface area contributed by atoms with Crippen molar-refractivity contribution in [1.29, 1.82) is 0 Å². The van der Waals surface area contributed by atoms with Crippen molar-refractivity contribution in [3.63, 3.8) is 0 Å². The Hall–Kier alpha value is -2.01. The van der Waals surface area contributed by atoms with Crippen LogP contribution >= 0.6 is 0 Å². The zero-order valence-electron chi connectivity index (χ0n) is 12.2. The van der Waals surface area contributed by atoms with Gasteiger partial charge in [0.05, 0.1) is 11.9 Å². The van der Waals surface area contributed by atoms with E-state index in [0.717, 1.165) is 37.8 Å². The van der Waals surface area contributed by atoms with E-state index in [0.29, 0.717) is 5.69 Å². The van der Waals surface area contributed by atoms with E-state index in [2.05, 4.69) is 10.3 Å². The van der Waals surface area contributed by atoms with Gasteiger partial charge in [0.1, 0.15) is 11.3 Å². The Labute approximate surface area is 123 Å². The maximum atomic E-state index is 13.0. The molecule has 1 aliphatic carbocycles. The average Bonchev–Trinajstić information content (AvgIpc) is 3.05. The summed E-state index contributed by atoms with van der Waals surface area (Å²) >= 11 is 0. The summed E-state index contributed by atoms with van der Waals surface area (Å²) in [5.74, 6) is -0.0152. The number of hydrogen-bond donors (Lipinski definition) is 0. The SMILES string of the molecule is COC1(C(=O)c2cnnn2-c2ccccc2)CCCCC1. The van der Waals surface area contributed by atoms with Gasteiger partial charge in [0.2, 0.25) is 5.78 Å². The minimum atomic E-state index is -0.716. The molecular weight excluding hydrogens is 266 g/mol. The number of carbonyl (C=O) groups is 1. The smallest absolute Gasteiger partial charge is 0.214 e. The van der Waals surface area contributed by atoms with Gasteiger partial charge in [-0.05, 0) is 25.0 Å². The molecule has 0 radical (unpaired) electrons. The minimum absolute atomic E-state index is 0.0152. The number of methoxy groups -OCH3 is 1. The third kappa shape index (κ3) is 2.49. The van der Waals surface area contributed by atoms with E-state index in [1.165, 1.54) is 6.20 Å². The second kappa shape index (κ2) is 5.77. The lowest BCUT2D eigenvalue weighted by atomic mass is 9.80. The standard InChI is InChI=1S/C16H19N3O2/c1-21-16(10-6-3-7-11-16)15(20)14-12-17-18-19(14)13-8-4-2-5-9-13/h2,4-5,8-9,12H,3,6-7,10-11H2,1H3. The van der Waals surface area contributed by atoms with Crippen LogP contribution in [0.15, 0.2) is 36.5 Å². The Morgan fingerprint density at radius 2 is 1.90 bits per heavy atom. The Morgan fingerprint density at radius 1 is 1.19 bits per heavy atom. The van der Waals surface area contributed by atoms with Crippen LogP contribution in [0.4, 0.5) is 0 Å². The Balaban J connectivity index is 1.97. The molecule has 0 aliphatic heterocycles. The topological polar surface area (TPSA) is 57.0 Å². The number of hydrogen-bond acceptors (Lipinski definition) is 4. The molecule has 1 aromatic carbocycles. The second-order valence-corrected chi connectivity index (χ2v) is 5.45. The molecular formula is C16H19N3O2. The molecule has 5 nitrogen and oxygen atoms in total. The van der Waals surface area contributed by atoms with Crippen LogP contribution in [0.1, 0.15) is 42.6 Å². The number of para-hydroxylation sites is 1. The monoisotopic (exact) mass is 285 g/mol. The quantitative estimate of drug-likeness (QED) is 0.811. The van der Waals surface area contributed by atoms with Crippen molar-refractivity contribution >= 4 is 5.78 Å². The van der Waals surface area contributed by atoms with Gasteiger partial charge in [0.25, 0.3) is 0 Å². The van der Waals surface area contributed by atoms with E-state index in [1.54, 1.807) is 11.8 Å². The first-order valence-corrected chi connectivity index (χ1v) is 7.33. The molecule has 5 heteroatoms. The zero-order valence-corrected chi connectivity index (χ0v) is 12.2.